The maximum Gasteiger partial charge on any atom is 0.259 e. The maximum absolute atomic E-state index is 14.0. The zero-order chi connectivity index (χ0) is 27.4. The van der Waals surface area contributed by atoms with Gasteiger partial charge in [-0.25, -0.2) is 13.9 Å². The number of hydrogen-bond donors (Lipinski definition) is 0. The number of anilines is 1. The molecular formula is C31H34FN5O2. The van der Waals surface area contributed by atoms with Crippen LogP contribution < -0.4 is 4.90 Å². The molecule has 2 aromatic heterocycles. The molecule has 0 unspecified atom stereocenters. The number of amides is 2. The summed E-state index contributed by atoms with van der Waals surface area (Å²) in [6, 6.07) is 15.9. The van der Waals surface area contributed by atoms with E-state index in [-0.39, 0.29) is 23.5 Å². The quantitative estimate of drug-likeness (QED) is 0.321. The summed E-state index contributed by atoms with van der Waals surface area (Å²) in [7, 11) is 0. The molecule has 3 heterocycles. The average molecular weight is 528 g/mol. The first kappa shape index (κ1) is 26.5. The van der Waals surface area contributed by atoms with Gasteiger partial charge >= 0.3 is 0 Å². The Balaban J connectivity index is 1.51. The summed E-state index contributed by atoms with van der Waals surface area (Å²) >= 11 is 0. The zero-order valence-corrected chi connectivity index (χ0v) is 22.5. The van der Waals surface area contributed by atoms with Crippen LogP contribution in [0.4, 0.5) is 10.1 Å². The van der Waals surface area contributed by atoms with Gasteiger partial charge in [-0.05, 0) is 54.8 Å². The van der Waals surface area contributed by atoms with E-state index in [2.05, 4.69) is 10.1 Å². The molecule has 0 N–H and O–H groups in total. The molecule has 39 heavy (non-hydrogen) atoms. The smallest absolute Gasteiger partial charge is 0.259 e. The fourth-order valence-electron chi connectivity index (χ4n) is 5.18. The van der Waals surface area contributed by atoms with Crippen LogP contribution in [0.3, 0.4) is 0 Å². The number of para-hydroxylation sites is 1. The minimum absolute atomic E-state index is 0.0949. The van der Waals surface area contributed by atoms with Crippen LogP contribution in [-0.4, -0.2) is 44.4 Å². The van der Waals surface area contributed by atoms with E-state index in [1.807, 2.05) is 47.9 Å². The van der Waals surface area contributed by atoms with Gasteiger partial charge in [0.25, 0.3) is 5.91 Å². The number of nitrogens with zero attached hydrogens (tertiary/aromatic N) is 5. The van der Waals surface area contributed by atoms with Gasteiger partial charge in [0.05, 0.1) is 11.9 Å². The Morgan fingerprint density at radius 2 is 1.62 bits per heavy atom. The first-order chi connectivity index (χ1) is 18.9. The number of halogens is 1. The largest absolute Gasteiger partial charge is 0.334 e. The fourth-order valence-corrected chi connectivity index (χ4v) is 5.18. The molecule has 8 heteroatoms. The van der Waals surface area contributed by atoms with E-state index < -0.39 is 0 Å². The van der Waals surface area contributed by atoms with Crippen LogP contribution in [-0.2, 0) is 11.3 Å². The lowest BCUT2D eigenvalue weighted by Gasteiger charge is -2.30. The van der Waals surface area contributed by atoms with Crippen molar-refractivity contribution in [1.29, 1.82) is 0 Å². The highest BCUT2D eigenvalue weighted by atomic mass is 19.1. The van der Waals surface area contributed by atoms with Gasteiger partial charge in [-0.2, -0.15) is 5.10 Å². The molecule has 4 aromatic rings. The second-order valence-electron chi connectivity index (χ2n) is 10.4. The summed E-state index contributed by atoms with van der Waals surface area (Å²) in [5.74, 6) is -0.492. The maximum atomic E-state index is 14.0. The first-order valence-electron chi connectivity index (χ1n) is 13.7. The third kappa shape index (κ3) is 5.70. The second kappa shape index (κ2) is 11.8. The summed E-state index contributed by atoms with van der Waals surface area (Å²) in [6.07, 6.45) is 8.19. The van der Waals surface area contributed by atoms with Crippen LogP contribution in [0.1, 0.15) is 61.9 Å². The van der Waals surface area contributed by atoms with Gasteiger partial charge in [0.2, 0.25) is 5.91 Å². The van der Waals surface area contributed by atoms with Crippen LogP contribution in [0.15, 0.2) is 67.0 Å². The fraction of sp³-hybridized carbons (Fsp3) is 0.355. The highest BCUT2D eigenvalue weighted by Gasteiger charge is 2.26. The Bertz CT molecular complexity index is 1460. The van der Waals surface area contributed by atoms with Crippen LogP contribution in [0.2, 0.25) is 0 Å². The molecule has 5 rings (SSSR count). The molecule has 1 aliphatic heterocycles. The molecular weight excluding hydrogens is 493 g/mol. The third-order valence-electron chi connectivity index (χ3n) is 7.27. The standard InChI is InChI=1S/C31H34FN5O2/c1-22(2)30(38)36-19-9-5-3-4-8-18-35(21-24-10-6-7-11-27(24)36)31(39)26-20-34-37-28(16-17-33-29(26)37)23-12-14-25(32)15-13-23/h6-7,10-17,20,22H,3-5,8-9,18-19,21H2,1-2H3. The molecule has 0 aliphatic carbocycles. The summed E-state index contributed by atoms with van der Waals surface area (Å²) in [4.78, 5) is 35.5. The summed E-state index contributed by atoms with van der Waals surface area (Å²) < 4.78 is 15.1. The topological polar surface area (TPSA) is 70.8 Å². The molecule has 0 spiro atoms. The summed E-state index contributed by atoms with van der Waals surface area (Å²) in [6.45, 7) is 5.50. The first-order valence-corrected chi connectivity index (χ1v) is 13.7. The summed E-state index contributed by atoms with van der Waals surface area (Å²) in [5.41, 5.74) is 4.18. The third-order valence-corrected chi connectivity index (χ3v) is 7.27. The monoisotopic (exact) mass is 527 g/mol. The average Bonchev–Trinajstić information content (AvgIpc) is 3.38. The Morgan fingerprint density at radius 1 is 0.897 bits per heavy atom. The van der Waals surface area contributed by atoms with Gasteiger partial charge in [-0.15, -0.1) is 0 Å². The number of fused-ring (bicyclic) bond motifs is 2. The molecule has 0 saturated carbocycles. The van der Waals surface area contributed by atoms with Crippen LogP contribution in [0.25, 0.3) is 16.9 Å². The van der Waals surface area contributed by atoms with Crippen LogP contribution in [0.5, 0.6) is 0 Å². The van der Waals surface area contributed by atoms with E-state index >= 15 is 0 Å². The lowest BCUT2D eigenvalue weighted by molar-refractivity contribution is -0.121. The molecule has 7 nitrogen and oxygen atoms in total. The Morgan fingerprint density at radius 3 is 2.38 bits per heavy atom. The van der Waals surface area contributed by atoms with Crippen LogP contribution in [0, 0.1) is 11.7 Å². The molecule has 0 saturated heterocycles. The SMILES string of the molecule is CC(C)C(=O)N1CCCCCCCN(C(=O)c2cnn3c(-c4ccc(F)cc4)ccnc23)Cc2ccccc21. The minimum Gasteiger partial charge on any atom is -0.334 e. The molecule has 0 atom stereocenters. The molecule has 0 fully saturated rings. The van der Waals surface area contributed by atoms with Crippen molar-refractivity contribution in [3.63, 3.8) is 0 Å². The highest BCUT2D eigenvalue weighted by molar-refractivity contribution is 6.00. The van der Waals surface area contributed by atoms with Gasteiger partial charge in [-0.1, -0.05) is 51.3 Å². The Hall–Kier alpha value is -4.07. The lowest BCUT2D eigenvalue weighted by atomic mass is 10.0. The van der Waals surface area contributed by atoms with E-state index in [0.29, 0.717) is 30.8 Å². The predicted molar refractivity (Wildman–Crippen MR) is 150 cm³/mol. The number of carbonyl (C=O) groups is 2. The number of hydrogen-bond acceptors (Lipinski definition) is 4. The summed E-state index contributed by atoms with van der Waals surface area (Å²) in [5, 5.41) is 4.50. The number of aromatic nitrogens is 3. The van der Waals surface area contributed by atoms with Crippen molar-refractivity contribution in [3.05, 3.63) is 83.9 Å². The van der Waals surface area contributed by atoms with Crippen molar-refractivity contribution in [2.75, 3.05) is 18.0 Å². The number of carbonyl (C=O) groups excluding carboxylic acids is 2. The van der Waals surface area contributed by atoms with E-state index in [1.165, 1.54) is 12.1 Å². The molecule has 0 bridgehead atoms. The van der Waals surface area contributed by atoms with Crippen molar-refractivity contribution in [3.8, 4) is 11.3 Å². The van der Waals surface area contributed by atoms with E-state index in [9.17, 15) is 14.0 Å². The Kier molecular flexibility index (Phi) is 8.00. The second-order valence-corrected chi connectivity index (χ2v) is 10.4. The lowest BCUT2D eigenvalue weighted by Crippen LogP contribution is -2.37. The normalized spacial score (nSPS) is 15.1. The van der Waals surface area contributed by atoms with Crippen molar-refractivity contribution in [2.24, 2.45) is 5.92 Å². The van der Waals surface area contributed by atoms with Crippen molar-refractivity contribution in [1.82, 2.24) is 19.5 Å². The van der Waals surface area contributed by atoms with Crippen molar-refractivity contribution < 1.29 is 14.0 Å². The van der Waals surface area contributed by atoms with Gasteiger partial charge < -0.3 is 9.80 Å². The Labute approximate surface area is 228 Å². The van der Waals surface area contributed by atoms with Gasteiger partial charge in [0.15, 0.2) is 5.65 Å². The van der Waals surface area contributed by atoms with Crippen molar-refractivity contribution in [2.45, 2.75) is 52.5 Å². The zero-order valence-electron chi connectivity index (χ0n) is 22.5. The van der Waals surface area contributed by atoms with E-state index in [4.69, 9.17) is 0 Å². The highest BCUT2D eigenvalue weighted by Crippen LogP contribution is 2.27. The van der Waals surface area contributed by atoms with E-state index in [1.54, 1.807) is 35.1 Å². The molecule has 202 valence electrons. The van der Waals surface area contributed by atoms with Crippen molar-refractivity contribution >= 4 is 23.1 Å². The molecule has 1 aliphatic rings. The van der Waals surface area contributed by atoms with Gasteiger partial charge in [0.1, 0.15) is 11.4 Å². The predicted octanol–water partition coefficient (Wildman–Crippen LogP) is 6.13. The minimum atomic E-state index is -0.315. The van der Waals surface area contributed by atoms with Gasteiger partial charge in [0, 0.05) is 43.0 Å². The van der Waals surface area contributed by atoms with Gasteiger partial charge in [-0.3, -0.25) is 9.59 Å². The molecule has 0 radical (unpaired) electrons. The molecule has 2 aromatic carbocycles. The number of rotatable bonds is 3. The van der Waals surface area contributed by atoms with Crippen LogP contribution >= 0.6 is 0 Å². The molecule has 2 amide bonds. The van der Waals surface area contributed by atoms with E-state index in [0.717, 1.165) is 54.6 Å². The number of benzene rings is 2.